The number of carbonyl (C=O) groups excluding carboxylic acids is 1. The van der Waals surface area contributed by atoms with Crippen molar-refractivity contribution in [3.05, 3.63) is 65.1 Å². The van der Waals surface area contributed by atoms with Crippen molar-refractivity contribution < 1.29 is 4.79 Å². The van der Waals surface area contributed by atoms with E-state index in [1.807, 2.05) is 48.0 Å². The minimum atomic E-state index is -0.0616. The molecule has 3 rings (SSSR count). The van der Waals surface area contributed by atoms with Crippen molar-refractivity contribution in [2.45, 2.75) is 13.3 Å². The first-order chi connectivity index (χ1) is 10.1. The van der Waals surface area contributed by atoms with Crippen LogP contribution in [-0.2, 0) is 11.2 Å². The average Bonchev–Trinajstić information content (AvgIpc) is 2.80. The number of aryl methyl sites for hydroxylation is 1. The number of carbonyl (C=O) groups is 1. The molecule has 0 atom stereocenters. The maximum absolute atomic E-state index is 12.0. The summed E-state index contributed by atoms with van der Waals surface area (Å²) >= 11 is 5.83. The van der Waals surface area contributed by atoms with Crippen LogP contribution < -0.4 is 5.32 Å². The molecule has 0 fully saturated rings. The summed E-state index contributed by atoms with van der Waals surface area (Å²) in [5.74, 6) is -0.0616. The topological polar surface area (TPSA) is 46.4 Å². The third-order valence-electron chi connectivity index (χ3n) is 3.13. The van der Waals surface area contributed by atoms with E-state index >= 15 is 0 Å². The number of nitrogens with zero attached hydrogens (tertiary/aromatic N) is 2. The van der Waals surface area contributed by atoms with E-state index in [1.165, 1.54) is 0 Å². The fourth-order valence-corrected chi connectivity index (χ4v) is 2.31. The molecule has 0 saturated heterocycles. The average molecular weight is 300 g/mol. The molecule has 0 aliphatic heterocycles. The zero-order valence-corrected chi connectivity index (χ0v) is 12.3. The summed E-state index contributed by atoms with van der Waals surface area (Å²) in [4.78, 5) is 16.4. The van der Waals surface area contributed by atoms with Gasteiger partial charge in [0.2, 0.25) is 5.91 Å². The molecule has 1 N–H and O–H groups in total. The summed E-state index contributed by atoms with van der Waals surface area (Å²) in [6, 6.07) is 11.0. The number of hydrogen-bond donors (Lipinski definition) is 1. The first-order valence-corrected chi connectivity index (χ1v) is 6.97. The Hall–Kier alpha value is -2.33. The van der Waals surface area contributed by atoms with Gasteiger partial charge in [-0.3, -0.25) is 4.79 Å². The second-order valence-corrected chi connectivity index (χ2v) is 5.35. The lowest BCUT2D eigenvalue weighted by molar-refractivity contribution is -0.115. The Morgan fingerprint density at radius 2 is 1.95 bits per heavy atom. The number of anilines is 1. The second kappa shape index (κ2) is 5.58. The Kier molecular flexibility index (Phi) is 3.62. The first-order valence-electron chi connectivity index (χ1n) is 6.60. The highest BCUT2D eigenvalue weighted by Gasteiger charge is 2.05. The third-order valence-corrected chi connectivity index (χ3v) is 3.39. The number of amides is 1. The van der Waals surface area contributed by atoms with Crippen LogP contribution in [-0.4, -0.2) is 15.3 Å². The quantitative estimate of drug-likeness (QED) is 0.805. The van der Waals surface area contributed by atoms with Crippen LogP contribution in [0, 0.1) is 6.92 Å². The van der Waals surface area contributed by atoms with Gasteiger partial charge in [-0.2, -0.15) is 0 Å². The molecular weight excluding hydrogens is 286 g/mol. The van der Waals surface area contributed by atoms with E-state index in [0.717, 1.165) is 22.6 Å². The number of nitrogens with one attached hydrogen (secondary N) is 1. The van der Waals surface area contributed by atoms with Gasteiger partial charge in [0.15, 0.2) is 0 Å². The molecule has 4 nitrogen and oxygen atoms in total. The number of benzene rings is 1. The molecule has 0 saturated carbocycles. The van der Waals surface area contributed by atoms with E-state index < -0.39 is 0 Å². The van der Waals surface area contributed by atoms with Crippen LogP contribution in [0.25, 0.3) is 5.65 Å². The van der Waals surface area contributed by atoms with E-state index in [4.69, 9.17) is 11.6 Å². The van der Waals surface area contributed by atoms with E-state index in [0.29, 0.717) is 11.4 Å². The number of pyridine rings is 1. The molecule has 1 amide bonds. The summed E-state index contributed by atoms with van der Waals surface area (Å²) in [6.07, 6.45) is 4.09. The number of aromatic nitrogens is 2. The number of halogens is 1. The fourth-order valence-electron chi connectivity index (χ4n) is 2.19. The molecule has 0 unspecified atom stereocenters. The van der Waals surface area contributed by atoms with Gasteiger partial charge in [0.25, 0.3) is 0 Å². The standard InChI is InChI=1S/C16H14ClN3O/c1-11-9-20-10-14(6-7-15(20)18-11)19-16(21)8-12-2-4-13(17)5-3-12/h2-7,9-10H,8H2,1H3,(H,19,21). The zero-order chi connectivity index (χ0) is 14.8. The molecule has 0 bridgehead atoms. The van der Waals surface area contributed by atoms with E-state index in [-0.39, 0.29) is 5.91 Å². The van der Waals surface area contributed by atoms with E-state index in [9.17, 15) is 4.79 Å². The SMILES string of the molecule is Cc1cn2cc(NC(=O)Cc3ccc(Cl)cc3)ccc2n1. The Labute approximate surface area is 127 Å². The van der Waals surface area contributed by atoms with Crippen LogP contribution in [0.1, 0.15) is 11.3 Å². The highest BCUT2D eigenvalue weighted by atomic mass is 35.5. The Bertz CT molecular complexity index is 793. The molecular formula is C16H14ClN3O. The van der Waals surface area contributed by atoms with Crippen LogP contribution in [0.15, 0.2) is 48.8 Å². The van der Waals surface area contributed by atoms with Crippen LogP contribution in [0.5, 0.6) is 0 Å². The molecule has 2 heterocycles. The molecule has 21 heavy (non-hydrogen) atoms. The van der Waals surface area contributed by atoms with Crippen LogP contribution >= 0.6 is 11.6 Å². The number of rotatable bonds is 3. The van der Waals surface area contributed by atoms with Gasteiger partial charge in [-0.05, 0) is 36.8 Å². The Balaban J connectivity index is 1.71. The molecule has 0 spiro atoms. The molecule has 1 aromatic carbocycles. The lowest BCUT2D eigenvalue weighted by Gasteiger charge is -2.06. The van der Waals surface area contributed by atoms with E-state index in [2.05, 4.69) is 10.3 Å². The van der Waals surface area contributed by atoms with E-state index in [1.54, 1.807) is 12.1 Å². The maximum Gasteiger partial charge on any atom is 0.228 e. The predicted molar refractivity (Wildman–Crippen MR) is 83.7 cm³/mol. The minimum absolute atomic E-state index is 0.0616. The van der Waals surface area contributed by atoms with Crippen molar-refractivity contribution in [3.63, 3.8) is 0 Å². The number of fused-ring (bicyclic) bond motifs is 1. The van der Waals surface area contributed by atoms with Crippen molar-refractivity contribution in [2.75, 3.05) is 5.32 Å². The van der Waals surface area contributed by atoms with Crippen molar-refractivity contribution in [1.82, 2.24) is 9.38 Å². The van der Waals surface area contributed by atoms with Gasteiger partial charge >= 0.3 is 0 Å². The summed E-state index contributed by atoms with van der Waals surface area (Å²) < 4.78 is 1.90. The number of hydrogen-bond acceptors (Lipinski definition) is 2. The summed E-state index contributed by atoms with van der Waals surface area (Å²) in [6.45, 7) is 1.94. The zero-order valence-electron chi connectivity index (χ0n) is 11.5. The maximum atomic E-state index is 12.0. The van der Waals surface area contributed by atoms with Gasteiger partial charge < -0.3 is 9.72 Å². The summed E-state index contributed by atoms with van der Waals surface area (Å²) in [5.41, 5.74) is 3.48. The lowest BCUT2D eigenvalue weighted by atomic mass is 10.1. The van der Waals surface area contributed by atoms with Crippen molar-refractivity contribution in [2.24, 2.45) is 0 Å². The smallest absolute Gasteiger partial charge is 0.228 e. The Morgan fingerprint density at radius 1 is 1.19 bits per heavy atom. The molecule has 2 aromatic heterocycles. The highest BCUT2D eigenvalue weighted by Crippen LogP contribution is 2.13. The van der Waals surface area contributed by atoms with Gasteiger partial charge in [-0.15, -0.1) is 0 Å². The Morgan fingerprint density at radius 3 is 2.71 bits per heavy atom. The number of imidazole rings is 1. The molecule has 0 radical (unpaired) electrons. The van der Waals surface area contributed by atoms with Gasteiger partial charge in [-0.1, -0.05) is 23.7 Å². The van der Waals surface area contributed by atoms with Gasteiger partial charge in [0.1, 0.15) is 5.65 Å². The molecule has 0 aliphatic carbocycles. The van der Waals surface area contributed by atoms with Crippen molar-refractivity contribution >= 4 is 28.8 Å². The van der Waals surface area contributed by atoms with Crippen molar-refractivity contribution in [1.29, 1.82) is 0 Å². The summed E-state index contributed by atoms with van der Waals surface area (Å²) in [5, 5.41) is 3.55. The minimum Gasteiger partial charge on any atom is -0.324 e. The van der Waals surface area contributed by atoms with Gasteiger partial charge in [0.05, 0.1) is 17.8 Å². The summed E-state index contributed by atoms with van der Waals surface area (Å²) in [7, 11) is 0. The van der Waals surface area contributed by atoms with Gasteiger partial charge in [-0.25, -0.2) is 4.98 Å². The largest absolute Gasteiger partial charge is 0.324 e. The van der Waals surface area contributed by atoms with Crippen molar-refractivity contribution in [3.8, 4) is 0 Å². The molecule has 0 aliphatic rings. The second-order valence-electron chi connectivity index (χ2n) is 4.92. The molecule has 106 valence electrons. The normalized spacial score (nSPS) is 10.8. The van der Waals surface area contributed by atoms with Crippen LogP contribution in [0.3, 0.4) is 0 Å². The monoisotopic (exact) mass is 299 g/mol. The van der Waals surface area contributed by atoms with Crippen LogP contribution in [0.2, 0.25) is 5.02 Å². The van der Waals surface area contributed by atoms with Gasteiger partial charge in [0, 0.05) is 17.4 Å². The van der Waals surface area contributed by atoms with Crippen LogP contribution in [0.4, 0.5) is 5.69 Å². The first kappa shape index (κ1) is 13.6. The third kappa shape index (κ3) is 3.23. The fraction of sp³-hybridized carbons (Fsp3) is 0.125. The predicted octanol–water partition coefficient (Wildman–Crippen LogP) is 3.48. The molecule has 3 aromatic rings. The highest BCUT2D eigenvalue weighted by molar-refractivity contribution is 6.30. The molecule has 5 heteroatoms. The lowest BCUT2D eigenvalue weighted by Crippen LogP contribution is -2.14.